The summed E-state index contributed by atoms with van der Waals surface area (Å²) in [5, 5.41) is 13.9. The Labute approximate surface area is 105 Å². The maximum absolute atomic E-state index is 12.1. The maximum Gasteiger partial charge on any atom is 0.275 e. The van der Waals surface area contributed by atoms with Crippen molar-refractivity contribution in [1.82, 2.24) is 20.0 Å². The largest absolute Gasteiger partial charge is 0.304 e. The molecule has 6 heteroatoms. The number of hydrogen-bond acceptors (Lipinski definition) is 3. The topological polar surface area (TPSA) is 75.6 Å². The molecular weight excluding hydrogens is 230 g/mol. The number of nitrogens with zero attached hydrogens (tertiary/aromatic N) is 3. The van der Waals surface area contributed by atoms with Gasteiger partial charge in [0, 0.05) is 18.3 Å². The molecule has 6 nitrogen and oxygen atoms in total. The molecule has 0 aromatic carbocycles. The predicted molar refractivity (Wildman–Crippen MR) is 68.6 cm³/mol. The summed E-state index contributed by atoms with van der Waals surface area (Å²) in [6.07, 6.45) is 0.807. The third-order valence-corrected chi connectivity index (χ3v) is 3.01. The highest BCUT2D eigenvalue weighted by Gasteiger charge is 2.15. The van der Waals surface area contributed by atoms with E-state index in [0.717, 1.165) is 23.4 Å². The molecular formula is C12H17N5O. The zero-order valence-electron chi connectivity index (χ0n) is 11.0. The van der Waals surface area contributed by atoms with Crippen LogP contribution in [0, 0.1) is 13.8 Å². The molecule has 2 rings (SSSR count). The van der Waals surface area contributed by atoms with Crippen molar-refractivity contribution in [3.8, 4) is 0 Å². The van der Waals surface area contributed by atoms with Crippen molar-refractivity contribution >= 4 is 11.7 Å². The summed E-state index contributed by atoms with van der Waals surface area (Å²) < 4.78 is 1.59. The molecule has 0 saturated heterocycles. The zero-order chi connectivity index (χ0) is 13.3. The Bertz CT molecular complexity index is 581. The highest BCUT2D eigenvalue weighted by atomic mass is 16.2. The number of aromatic amines is 1. The molecule has 0 aliphatic rings. The van der Waals surface area contributed by atoms with Crippen LogP contribution in [0.1, 0.15) is 34.4 Å². The minimum Gasteiger partial charge on any atom is -0.304 e. The highest BCUT2D eigenvalue weighted by Crippen LogP contribution is 2.15. The number of aromatic nitrogens is 4. The second-order valence-electron chi connectivity index (χ2n) is 4.27. The Morgan fingerprint density at radius 1 is 1.50 bits per heavy atom. The number of amides is 1. The van der Waals surface area contributed by atoms with E-state index in [1.807, 2.05) is 20.8 Å². The van der Waals surface area contributed by atoms with E-state index in [-0.39, 0.29) is 5.91 Å². The SMILES string of the molecule is CCc1cc(C(=O)Nc2n[nH]c(C)c2C)n(C)n1. The van der Waals surface area contributed by atoms with E-state index in [2.05, 4.69) is 20.6 Å². The van der Waals surface area contributed by atoms with Crippen LogP contribution < -0.4 is 5.32 Å². The minimum atomic E-state index is -0.195. The molecule has 18 heavy (non-hydrogen) atoms. The molecule has 0 spiro atoms. The lowest BCUT2D eigenvalue weighted by Crippen LogP contribution is -2.16. The van der Waals surface area contributed by atoms with Crippen LogP contribution in [0.2, 0.25) is 0 Å². The van der Waals surface area contributed by atoms with E-state index in [1.54, 1.807) is 17.8 Å². The van der Waals surface area contributed by atoms with Crippen LogP contribution in [0.3, 0.4) is 0 Å². The smallest absolute Gasteiger partial charge is 0.275 e. The summed E-state index contributed by atoms with van der Waals surface area (Å²) in [7, 11) is 1.76. The van der Waals surface area contributed by atoms with E-state index in [0.29, 0.717) is 11.5 Å². The summed E-state index contributed by atoms with van der Waals surface area (Å²) in [5.41, 5.74) is 3.33. The second kappa shape index (κ2) is 4.64. The number of aryl methyl sites for hydroxylation is 3. The molecule has 0 unspecified atom stereocenters. The number of nitrogens with one attached hydrogen (secondary N) is 2. The first-order chi connectivity index (χ1) is 8.52. The first kappa shape index (κ1) is 12.3. The third-order valence-electron chi connectivity index (χ3n) is 3.01. The van der Waals surface area contributed by atoms with Gasteiger partial charge in [0.1, 0.15) is 5.69 Å². The number of H-pyrrole nitrogens is 1. The second-order valence-corrected chi connectivity index (χ2v) is 4.27. The third kappa shape index (κ3) is 2.13. The van der Waals surface area contributed by atoms with Crippen LogP contribution in [0.4, 0.5) is 5.82 Å². The molecule has 2 aromatic heterocycles. The van der Waals surface area contributed by atoms with E-state index < -0.39 is 0 Å². The van der Waals surface area contributed by atoms with Crippen molar-refractivity contribution in [3.63, 3.8) is 0 Å². The van der Waals surface area contributed by atoms with E-state index in [4.69, 9.17) is 0 Å². The Morgan fingerprint density at radius 3 is 2.72 bits per heavy atom. The molecule has 0 radical (unpaired) electrons. The zero-order valence-corrected chi connectivity index (χ0v) is 11.0. The molecule has 0 fully saturated rings. The van der Waals surface area contributed by atoms with Gasteiger partial charge in [0.25, 0.3) is 5.91 Å². The summed E-state index contributed by atoms with van der Waals surface area (Å²) in [4.78, 5) is 12.1. The average molecular weight is 247 g/mol. The number of carbonyl (C=O) groups excluding carboxylic acids is 1. The fraction of sp³-hybridized carbons (Fsp3) is 0.417. The summed E-state index contributed by atoms with van der Waals surface area (Å²) >= 11 is 0. The van der Waals surface area contributed by atoms with E-state index in [1.165, 1.54) is 0 Å². The number of anilines is 1. The molecule has 0 aliphatic carbocycles. The first-order valence-corrected chi connectivity index (χ1v) is 5.88. The van der Waals surface area contributed by atoms with E-state index in [9.17, 15) is 4.79 Å². The van der Waals surface area contributed by atoms with Gasteiger partial charge in [0.2, 0.25) is 0 Å². The van der Waals surface area contributed by atoms with Crippen molar-refractivity contribution in [1.29, 1.82) is 0 Å². The van der Waals surface area contributed by atoms with Crippen LogP contribution in [-0.2, 0) is 13.5 Å². The van der Waals surface area contributed by atoms with Crippen LogP contribution >= 0.6 is 0 Å². The average Bonchev–Trinajstić information content (AvgIpc) is 2.86. The molecule has 2 heterocycles. The monoisotopic (exact) mass is 247 g/mol. The fourth-order valence-electron chi connectivity index (χ4n) is 1.69. The van der Waals surface area contributed by atoms with Crippen LogP contribution in [-0.4, -0.2) is 25.9 Å². The van der Waals surface area contributed by atoms with Crippen molar-refractivity contribution in [3.05, 3.63) is 28.7 Å². The fourth-order valence-corrected chi connectivity index (χ4v) is 1.69. The summed E-state index contributed by atoms with van der Waals surface area (Å²) in [6.45, 7) is 5.83. The molecule has 1 amide bonds. The van der Waals surface area contributed by atoms with Gasteiger partial charge in [-0.1, -0.05) is 6.92 Å². The summed E-state index contributed by atoms with van der Waals surface area (Å²) in [6, 6.07) is 1.80. The number of carbonyl (C=O) groups is 1. The number of rotatable bonds is 3. The van der Waals surface area contributed by atoms with Gasteiger partial charge in [-0.2, -0.15) is 10.2 Å². The van der Waals surface area contributed by atoms with Gasteiger partial charge in [-0.15, -0.1) is 0 Å². The highest BCUT2D eigenvalue weighted by molar-refractivity contribution is 6.03. The van der Waals surface area contributed by atoms with Gasteiger partial charge in [-0.3, -0.25) is 14.6 Å². The van der Waals surface area contributed by atoms with Gasteiger partial charge in [-0.25, -0.2) is 0 Å². The van der Waals surface area contributed by atoms with Crippen LogP contribution in [0.5, 0.6) is 0 Å². The first-order valence-electron chi connectivity index (χ1n) is 5.88. The van der Waals surface area contributed by atoms with Crippen molar-refractivity contribution < 1.29 is 4.79 Å². The molecule has 2 aromatic rings. The quantitative estimate of drug-likeness (QED) is 0.864. The lowest BCUT2D eigenvalue weighted by molar-refractivity contribution is 0.101. The Kier molecular flexibility index (Phi) is 3.18. The lowest BCUT2D eigenvalue weighted by atomic mass is 10.2. The lowest BCUT2D eigenvalue weighted by Gasteiger charge is -2.02. The van der Waals surface area contributed by atoms with Gasteiger partial charge >= 0.3 is 0 Å². The molecule has 0 bridgehead atoms. The minimum absolute atomic E-state index is 0.195. The van der Waals surface area contributed by atoms with Crippen LogP contribution in [0.15, 0.2) is 6.07 Å². The predicted octanol–water partition coefficient (Wildman–Crippen LogP) is 1.57. The number of hydrogen-bond donors (Lipinski definition) is 2. The van der Waals surface area contributed by atoms with Crippen LogP contribution in [0.25, 0.3) is 0 Å². The van der Waals surface area contributed by atoms with E-state index >= 15 is 0 Å². The maximum atomic E-state index is 12.1. The molecule has 2 N–H and O–H groups in total. The van der Waals surface area contributed by atoms with Crippen molar-refractivity contribution in [2.24, 2.45) is 7.05 Å². The van der Waals surface area contributed by atoms with Gasteiger partial charge < -0.3 is 5.32 Å². The summed E-state index contributed by atoms with van der Waals surface area (Å²) in [5.74, 6) is 0.371. The Balaban J connectivity index is 2.21. The van der Waals surface area contributed by atoms with Crippen molar-refractivity contribution in [2.45, 2.75) is 27.2 Å². The molecule has 96 valence electrons. The normalized spacial score (nSPS) is 10.7. The Morgan fingerprint density at radius 2 is 2.22 bits per heavy atom. The molecule has 0 saturated carbocycles. The van der Waals surface area contributed by atoms with Gasteiger partial charge in [0.05, 0.1) is 5.69 Å². The van der Waals surface area contributed by atoms with Crippen molar-refractivity contribution in [2.75, 3.05) is 5.32 Å². The Hall–Kier alpha value is -2.11. The van der Waals surface area contributed by atoms with Gasteiger partial charge in [0.15, 0.2) is 5.82 Å². The molecule has 0 aliphatic heterocycles. The molecule has 0 atom stereocenters. The van der Waals surface area contributed by atoms with Gasteiger partial charge in [-0.05, 0) is 26.3 Å². The standard InChI is InChI=1S/C12H17N5O/c1-5-9-6-10(17(4)16-9)12(18)13-11-7(2)8(3)14-15-11/h6H,5H2,1-4H3,(H2,13,14,15,18).